The molecule has 0 saturated heterocycles. The van der Waals surface area contributed by atoms with Crippen molar-refractivity contribution in [1.82, 2.24) is 15.3 Å². The molecule has 0 aliphatic rings. The number of benzene rings is 2. The Hall–Kier alpha value is -3.74. The molecule has 32 heavy (non-hydrogen) atoms. The van der Waals surface area contributed by atoms with E-state index in [1.165, 1.54) is 0 Å². The number of aryl methyl sites for hydroxylation is 2. The van der Waals surface area contributed by atoms with Crippen LogP contribution >= 0.6 is 0 Å². The van der Waals surface area contributed by atoms with E-state index in [1.807, 2.05) is 32.0 Å². The van der Waals surface area contributed by atoms with Gasteiger partial charge >= 0.3 is 6.01 Å². The maximum Gasteiger partial charge on any atom is 0.322 e. The van der Waals surface area contributed by atoms with Crippen LogP contribution in [0.1, 0.15) is 48.1 Å². The molecule has 0 atom stereocenters. The molecule has 1 heterocycles. The van der Waals surface area contributed by atoms with Gasteiger partial charge in [-0.3, -0.25) is 9.59 Å². The molecule has 2 amide bonds. The highest BCUT2D eigenvalue weighted by Gasteiger charge is 2.15. The number of carbonyl (C=O) groups is 2. The van der Waals surface area contributed by atoms with E-state index >= 15 is 0 Å². The van der Waals surface area contributed by atoms with Gasteiger partial charge in [-0.15, -0.1) is 0 Å². The smallest absolute Gasteiger partial charge is 0.322 e. The summed E-state index contributed by atoms with van der Waals surface area (Å²) in [6.07, 6.45) is 0. The quantitative estimate of drug-likeness (QED) is 0.596. The SMILES string of the molecule is Cc1cc(C)nc(Oc2cccc(NC(=O)CNC(=O)c3ccc(C(C)(C)C)cc3)c2)n1. The van der Waals surface area contributed by atoms with Gasteiger partial charge < -0.3 is 15.4 Å². The van der Waals surface area contributed by atoms with Crippen LogP contribution in [0.3, 0.4) is 0 Å². The predicted octanol–water partition coefficient (Wildman–Crippen LogP) is 4.55. The minimum atomic E-state index is -0.343. The predicted molar refractivity (Wildman–Crippen MR) is 124 cm³/mol. The number of rotatable bonds is 6. The first kappa shape index (κ1) is 22.9. The van der Waals surface area contributed by atoms with Crippen LogP contribution in [0.4, 0.5) is 5.69 Å². The monoisotopic (exact) mass is 432 g/mol. The number of aromatic nitrogens is 2. The van der Waals surface area contributed by atoms with E-state index in [4.69, 9.17) is 4.74 Å². The Morgan fingerprint density at radius 3 is 2.22 bits per heavy atom. The molecule has 0 spiro atoms. The maximum absolute atomic E-state index is 12.3. The van der Waals surface area contributed by atoms with Crippen molar-refractivity contribution in [2.24, 2.45) is 0 Å². The molecular weight excluding hydrogens is 404 g/mol. The van der Waals surface area contributed by atoms with Crippen molar-refractivity contribution in [3.63, 3.8) is 0 Å². The van der Waals surface area contributed by atoms with Crippen molar-refractivity contribution in [3.05, 3.63) is 77.1 Å². The molecule has 166 valence electrons. The molecule has 0 saturated carbocycles. The molecule has 2 aromatic carbocycles. The van der Waals surface area contributed by atoms with Gasteiger partial charge in [0, 0.05) is 28.7 Å². The van der Waals surface area contributed by atoms with Crippen LogP contribution in [-0.4, -0.2) is 28.3 Å². The van der Waals surface area contributed by atoms with Gasteiger partial charge in [-0.1, -0.05) is 39.0 Å². The fourth-order valence-corrected chi connectivity index (χ4v) is 3.07. The van der Waals surface area contributed by atoms with Crippen LogP contribution in [0.15, 0.2) is 54.6 Å². The first-order valence-electron chi connectivity index (χ1n) is 10.4. The highest BCUT2D eigenvalue weighted by atomic mass is 16.5. The molecule has 0 unspecified atom stereocenters. The topological polar surface area (TPSA) is 93.2 Å². The minimum Gasteiger partial charge on any atom is -0.424 e. The Morgan fingerprint density at radius 1 is 0.938 bits per heavy atom. The van der Waals surface area contributed by atoms with Gasteiger partial charge in [0.2, 0.25) is 5.91 Å². The highest BCUT2D eigenvalue weighted by molar-refractivity contribution is 5.99. The average Bonchev–Trinajstić information content (AvgIpc) is 2.71. The van der Waals surface area contributed by atoms with Crippen LogP contribution < -0.4 is 15.4 Å². The number of nitrogens with zero attached hydrogens (tertiary/aromatic N) is 2. The van der Waals surface area contributed by atoms with Crippen molar-refractivity contribution in [1.29, 1.82) is 0 Å². The lowest BCUT2D eigenvalue weighted by molar-refractivity contribution is -0.115. The number of amides is 2. The van der Waals surface area contributed by atoms with Gasteiger partial charge in [-0.25, -0.2) is 9.97 Å². The van der Waals surface area contributed by atoms with Crippen LogP contribution in [0.5, 0.6) is 11.8 Å². The summed E-state index contributed by atoms with van der Waals surface area (Å²) in [5, 5.41) is 5.39. The van der Waals surface area contributed by atoms with Crippen LogP contribution in [0, 0.1) is 13.8 Å². The standard InChI is InChI=1S/C25H28N4O3/c1-16-13-17(2)28-24(27-16)32-21-8-6-7-20(14-21)29-22(30)15-26-23(31)18-9-11-19(12-10-18)25(3,4)5/h6-14H,15H2,1-5H3,(H,26,31)(H,29,30). The van der Waals surface area contributed by atoms with Crippen LogP contribution in [-0.2, 0) is 10.2 Å². The number of carbonyl (C=O) groups excluding carboxylic acids is 2. The number of hydrogen-bond acceptors (Lipinski definition) is 5. The first-order chi connectivity index (χ1) is 15.1. The number of nitrogens with one attached hydrogen (secondary N) is 2. The summed E-state index contributed by atoms with van der Waals surface area (Å²) in [6, 6.07) is 16.4. The van der Waals surface area contributed by atoms with E-state index in [9.17, 15) is 9.59 Å². The Morgan fingerprint density at radius 2 is 1.59 bits per heavy atom. The normalized spacial score (nSPS) is 11.0. The first-order valence-corrected chi connectivity index (χ1v) is 10.4. The molecule has 3 aromatic rings. The van der Waals surface area contributed by atoms with Gasteiger partial charge in [0.25, 0.3) is 5.91 Å². The third-order valence-corrected chi connectivity index (χ3v) is 4.71. The van der Waals surface area contributed by atoms with E-state index in [1.54, 1.807) is 36.4 Å². The molecule has 0 bridgehead atoms. The van der Waals surface area contributed by atoms with Crippen molar-refractivity contribution in [3.8, 4) is 11.8 Å². The molecular formula is C25H28N4O3. The van der Waals surface area contributed by atoms with Crippen LogP contribution in [0.2, 0.25) is 0 Å². The van der Waals surface area contributed by atoms with E-state index in [-0.39, 0.29) is 29.8 Å². The van der Waals surface area contributed by atoms with Crippen molar-refractivity contribution in [2.75, 3.05) is 11.9 Å². The zero-order chi connectivity index (χ0) is 23.3. The van der Waals surface area contributed by atoms with E-state index < -0.39 is 0 Å². The van der Waals surface area contributed by atoms with Gasteiger partial charge in [-0.05, 0) is 55.2 Å². The lowest BCUT2D eigenvalue weighted by Crippen LogP contribution is -2.32. The lowest BCUT2D eigenvalue weighted by atomic mass is 9.87. The molecule has 3 rings (SSSR count). The Balaban J connectivity index is 1.55. The molecule has 0 aliphatic carbocycles. The fraction of sp³-hybridized carbons (Fsp3) is 0.280. The average molecular weight is 433 g/mol. The second-order valence-electron chi connectivity index (χ2n) is 8.62. The van der Waals surface area contributed by atoms with Crippen LogP contribution in [0.25, 0.3) is 0 Å². The molecule has 0 fully saturated rings. The molecule has 7 nitrogen and oxygen atoms in total. The van der Waals surface area contributed by atoms with Gasteiger partial charge in [-0.2, -0.15) is 0 Å². The Labute approximate surface area is 188 Å². The highest BCUT2D eigenvalue weighted by Crippen LogP contribution is 2.23. The zero-order valence-electron chi connectivity index (χ0n) is 19.0. The summed E-state index contributed by atoms with van der Waals surface area (Å²) < 4.78 is 5.71. The van der Waals surface area contributed by atoms with Gasteiger partial charge in [0.15, 0.2) is 0 Å². The number of hydrogen-bond donors (Lipinski definition) is 2. The lowest BCUT2D eigenvalue weighted by Gasteiger charge is -2.19. The Bertz CT molecular complexity index is 1100. The second kappa shape index (κ2) is 9.60. The number of ether oxygens (including phenoxy) is 1. The number of anilines is 1. The van der Waals surface area contributed by atoms with Crippen molar-refractivity contribution >= 4 is 17.5 Å². The largest absolute Gasteiger partial charge is 0.424 e. The van der Waals surface area contributed by atoms with E-state index in [0.29, 0.717) is 17.0 Å². The maximum atomic E-state index is 12.3. The van der Waals surface area contributed by atoms with Crippen molar-refractivity contribution < 1.29 is 14.3 Å². The molecule has 2 N–H and O–H groups in total. The molecule has 7 heteroatoms. The van der Waals surface area contributed by atoms with E-state index in [2.05, 4.69) is 41.4 Å². The third kappa shape index (κ3) is 6.38. The Kier molecular flexibility index (Phi) is 6.88. The van der Waals surface area contributed by atoms with E-state index in [0.717, 1.165) is 17.0 Å². The van der Waals surface area contributed by atoms with Crippen molar-refractivity contribution in [2.45, 2.75) is 40.0 Å². The minimum absolute atomic E-state index is 0.0113. The summed E-state index contributed by atoms with van der Waals surface area (Å²) in [5.74, 6) is -0.148. The summed E-state index contributed by atoms with van der Waals surface area (Å²) in [6.45, 7) is 9.92. The van der Waals surface area contributed by atoms with Gasteiger partial charge in [0.05, 0.1) is 6.54 Å². The summed E-state index contributed by atoms with van der Waals surface area (Å²) in [4.78, 5) is 33.1. The fourth-order valence-electron chi connectivity index (χ4n) is 3.07. The third-order valence-electron chi connectivity index (χ3n) is 4.71. The molecule has 1 aromatic heterocycles. The zero-order valence-corrected chi connectivity index (χ0v) is 19.0. The summed E-state index contributed by atoms with van der Waals surface area (Å²) in [5.41, 5.74) is 3.81. The molecule has 0 radical (unpaired) electrons. The van der Waals surface area contributed by atoms with Gasteiger partial charge in [0.1, 0.15) is 5.75 Å². The second-order valence-corrected chi connectivity index (χ2v) is 8.62. The summed E-state index contributed by atoms with van der Waals surface area (Å²) >= 11 is 0. The molecule has 0 aliphatic heterocycles. The summed E-state index contributed by atoms with van der Waals surface area (Å²) in [7, 11) is 0.